The predicted octanol–water partition coefficient (Wildman–Crippen LogP) is 2.08. The van der Waals surface area contributed by atoms with E-state index in [1.807, 2.05) is 12.1 Å². The van der Waals surface area contributed by atoms with Crippen LogP contribution in [0, 0.1) is 0 Å². The summed E-state index contributed by atoms with van der Waals surface area (Å²) in [6, 6.07) is 8.75. The molecule has 3 rings (SSSR count). The molecule has 0 aliphatic carbocycles. The van der Waals surface area contributed by atoms with E-state index in [0.717, 1.165) is 16.8 Å². The van der Waals surface area contributed by atoms with Gasteiger partial charge in [0.2, 0.25) is 0 Å². The maximum Gasteiger partial charge on any atom is 0.154 e. The fourth-order valence-electron chi connectivity index (χ4n) is 2.23. The molecule has 106 valence electrons. The zero-order valence-electron chi connectivity index (χ0n) is 11.4. The molecule has 6 heteroatoms. The first-order valence-electron chi connectivity index (χ1n) is 6.34. The number of aromatic hydroxyl groups is 1. The minimum absolute atomic E-state index is 0.0200. The number of ether oxygens (including phenoxy) is 1. The van der Waals surface area contributed by atoms with Gasteiger partial charge in [0.15, 0.2) is 6.29 Å². The van der Waals surface area contributed by atoms with E-state index in [1.165, 1.54) is 6.07 Å². The lowest BCUT2D eigenvalue weighted by molar-refractivity contribution is 0.112. The van der Waals surface area contributed by atoms with Gasteiger partial charge in [-0.1, -0.05) is 17.3 Å². The first kappa shape index (κ1) is 13.3. The van der Waals surface area contributed by atoms with E-state index in [1.54, 1.807) is 30.1 Å². The van der Waals surface area contributed by atoms with Crippen LogP contribution in [0.4, 0.5) is 0 Å². The number of carbonyl (C=O) groups excluding carboxylic acids is 1. The van der Waals surface area contributed by atoms with Crippen molar-refractivity contribution in [1.29, 1.82) is 0 Å². The van der Waals surface area contributed by atoms with Gasteiger partial charge in [0.05, 0.1) is 24.1 Å². The summed E-state index contributed by atoms with van der Waals surface area (Å²) in [7, 11) is 1.60. The largest absolute Gasteiger partial charge is 0.507 e. The summed E-state index contributed by atoms with van der Waals surface area (Å²) in [5.74, 6) is -0.0200. The van der Waals surface area contributed by atoms with Crippen molar-refractivity contribution in [2.45, 2.75) is 6.61 Å². The van der Waals surface area contributed by atoms with Crippen LogP contribution in [-0.4, -0.2) is 33.5 Å². The fraction of sp³-hybridized carbons (Fsp3) is 0.133. The predicted molar refractivity (Wildman–Crippen MR) is 76.6 cm³/mol. The van der Waals surface area contributed by atoms with E-state index >= 15 is 0 Å². The van der Waals surface area contributed by atoms with E-state index in [-0.39, 0.29) is 11.3 Å². The van der Waals surface area contributed by atoms with Crippen molar-refractivity contribution in [2.24, 2.45) is 0 Å². The van der Waals surface area contributed by atoms with Gasteiger partial charge in [0, 0.05) is 7.11 Å². The fourth-order valence-corrected chi connectivity index (χ4v) is 2.23. The molecule has 0 spiro atoms. The van der Waals surface area contributed by atoms with Gasteiger partial charge < -0.3 is 9.84 Å². The summed E-state index contributed by atoms with van der Waals surface area (Å²) in [5, 5.41) is 19.3. The average Bonchev–Trinajstić information content (AvgIpc) is 2.96. The second-order valence-electron chi connectivity index (χ2n) is 4.61. The van der Waals surface area contributed by atoms with E-state index in [9.17, 15) is 9.90 Å². The second-order valence-corrected chi connectivity index (χ2v) is 4.61. The van der Waals surface area contributed by atoms with Crippen molar-refractivity contribution in [3.8, 4) is 11.4 Å². The molecule has 0 aliphatic rings. The molecule has 0 aliphatic heterocycles. The zero-order valence-corrected chi connectivity index (χ0v) is 11.4. The Hall–Kier alpha value is -2.73. The number of phenolic OH excluding ortho intramolecular Hbond substituents is 1. The van der Waals surface area contributed by atoms with E-state index in [4.69, 9.17) is 4.74 Å². The van der Waals surface area contributed by atoms with Crippen molar-refractivity contribution >= 4 is 17.1 Å². The maximum atomic E-state index is 11.1. The molecule has 1 heterocycles. The van der Waals surface area contributed by atoms with Crippen LogP contribution in [0.1, 0.15) is 16.1 Å². The molecule has 0 bridgehead atoms. The third-order valence-corrected chi connectivity index (χ3v) is 3.24. The van der Waals surface area contributed by atoms with E-state index in [0.29, 0.717) is 18.3 Å². The summed E-state index contributed by atoms with van der Waals surface area (Å²) in [6.45, 7) is 0.400. The number of benzene rings is 2. The Morgan fingerprint density at radius 3 is 2.95 bits per heavy atom. The number of aromatic nitrogens is 3. The van der Waals surface area contributed by atoms with Gasteiger partial charge in [0.25, 0.3) is 0 Å². The van der Waals surface area contributed by atoms with Gasteiger partial charge in [-0.15, -0.1) is 5.10 Å². The van der Waals surface area contributed by atoms with Crippen LogP contribution in [0.3, 0.4) is 0 Å². The van der Waals surface area contributed by atoms with Crippen LogP contribution in [0.2, 0.25) is 0 Å². The highest BCUT2D eigenvalue weighted by molar-refractivity contribution is 6.01. The number of carbonyl (C=O) groups is 1. The minimum Gasteiger partial charge on any atom is -0.507 e. The molecule has 0 atom stereocenters. The number of methoxy groups -OCH3 is 1. The van der Waals surface area contributed by atoms with Crippen LogP contribution in [0.5, 0.6) is 5.75 Å². The van der Waals surface area contributed by atoms with Crippen molar-refractivity contribution in [3.05, 3.63) is 47.8 Å². The van der Waals surface area contributed by atoms with Crippen LogP contribution in [-0.2, 0) is 11.3 Å². The number of hydrogen-bond donors (Lipinski definition) is 1. The number of phenols is 1. The summed E-state index contributed by atoms with van der Waals surface area (Å²) in [6.07, 6.45) is 2.44. The van der Waals surface area contributed by atoms with E-state index in [2.05, 4.69) is 10.3 Å². The van der Waals surface area contributed by atoms with Crippen LogP contribution >= 0.6 is 0 Å². The third kappa shape index (κ3) is 2.36. The van der Waals surface area contributed by atoms with Crippen molar-refractivity contribution < 1.29 is 14.6 Å². The maximum absolute atomic E-state index is 11.1. The Morgan fingerprint density at radius 1 is 1.33 bits per heavy atom. The molecule has 1 aromatic heterocycles. The monoisotopic (exact) mass is 283 g/mol. The molecule has 6 nitrogen and oxygen atoms in total. The Kier molecular flexibility index (Phi) is 3.37. The molecule has 21 heavy (non-hydrogen) atoms. The SMILES string of the molecule is COCc1cn(-c2ccc3c(C=O)c(O)ccc3c2)nn1. The highest BCUT2D eigenvalue weighted by Gasteiger charge is 2.08. The molecule has 2 aromatic carbocycles. The molecule has 0 amide bonds. The first-order chi connectivity index (χ1) is 10.2. The topological polar surface area (TPSA) is 77.2 Å². The zero-order chi connectivity index (χ0) is 14.8. The molecule has 0 radical (unpaired) electrons. The number of fused-ring (bicyclic) bond motifs is 1. The van der Waals surface area contributed by atoms with Gasteiger partial charge in [-0.3, -0.25) is 4.79 Å². The average molecular weight is 283 g/mol. The molecule has 3 aromatic rings. The van der Waals surface area contributed by atoms with Crippen LogP contribution in [0.15, 0.2) is 36.5 Å². The Balaban J connectivity index is 2.08. The summed E-state index contributed by atoms with van der Waals surface area (Å²) < 4.78 is 6.65. The highest BCUT2D eigenvalue weighted by Crippen LogP contribution is 2.27. The highest BCUT2D eigenvalue weighted by atomic mass is 16.5. The lowest BCUT2D eigenvalue weighted by Gasteiger charge is -2.06. The smallest absolute Gasteiger partial charge is 0.154 e. The van der Waals surface area contributed by atoms with Crippen molar-refractivity contribution in [2.75, 3.05) is 7.11 Å². The number of hydrogen-bond acceptors (Lipinski definition) is 5. The van der Waals surface area contributed by atoms with Crippen LogP contribution in [0.25, 0.3) is 16.5 Å². The molecule has 0 fully saturated rings. The van der Waals surface area contributed by atoms with Crippen molar-refractivity contribution in [3.63, 3.8) is 0 Å². The standard InChI is InChI=1S/C15H13N3O3/c1-21-9-11-7-18(17-16-11)12-3-4-13-10(6-12)2-5-15(20)14(13)8-19/h2-8,20H,9H2,1H3. The van der Waals surface area contributed by atoms with Gasteiger partial charge >= 0.3 is 0 Å². The third-order valence-electron chi connectivity index (χ3n) is 3.24. The Bertz CT molecular complexity index is 811. The number of nitrogens with zero attached hydrogens (tertiary/aromatic N) is 3. The van der Waals surface area contributed by atoms with Gasteiger partial charge in [0.1, 0.15) is 11.4 Å². The van der Waals surface area contributed by atoms with Gasteiger partial charge in [-0.2, -0.15) is 0 Å². The second kappa shape index (κ2) is 5.34. The van der Waals surface area contributed by atoms with Crippen molar-refractivity contribution in [1.82, 2.24) is 15.0 Å². The molecule has 0 saturated carbocycles. The summed E-state index contributed by atoms with van der Waals surface area (Å²) >= 11 is 0. The van der Waals surface area contributed by atoms with Gasteiger partial charge in [-0.05, 0) is 29.0 Å². The number of rotatable bonds is 4. The molecule has 1 N–H and O–H groups in total. The molecular weight excluding hydrogens is 270 g/mol. The first-order valence-corrected chi connectivity index (χ1v) is 6.34. The van der Waals surface area contributed by atoms with Gasteiger partial charge in [-0.25, -0.2) is 4.68 Å². The van der Waals surface area contributed by atoms with E-state index < -0.39 is 0 Å². The lowest BCUT2D eigenvalue weighted by Crippen LogP contribution is -1.95. The normalized spacial score (nSPS) is 10.9. The minimum atomic E-state index is -0.0200. The summed E-state index contributed by atoms with van der Waals surface area (Å²) in [5.41, 5.74) is 1.84. The summed E-state index contributed by atoms with van der Waals surface area (Å²) in [4.78, 5) is 11.1. The molecular formula is C15H13N3O3. The Morgan fingerprint density at radius 2 is 2.19 bits per heavy atom. The molecule has 0 unspecified atom stereocenters. The Labute approximate surface area is 120 Å². The van der Waals surface area contributed by atoms with Crippen LogP contribution < -0.4 is 0 Å². The lowest BCUT2D eigenvalue weighted by atomic mass is 10.0. The quantitative estimate of drug-likeness (QED) is 0.742. The molecule has 0 saturated heterocycles. The number of aldehydes is 1.